The molecule has 0 radical (unpaired) electrons. The minimum Gasteiger partial charge on any atom is -0.467 e. The number of nitrogens with one attached hydrogen (secondary N) is 3. The third kappa shape index (κ3) is 5.19. The summed E-state index contributed by atoms with van der Waals surface area (Å²) in [5, 5.41) is 3.26. The Balaban J connectivity index is 1.44. The van der Waals surface area contributed by atoms with Gasteiger partial charge in [-0.05, 0) is 29.4 Å². The molecule has 7 nitrogen and oxygen atoms in total. The fourth-order valence-electron chi connectivity index (χ4n) is 3.18. The molecule has 0 bridgehead atoms. The highest BCUT2D eigenvalue weighted by Gasteiger charge is 2.20. The lowest BCUT2D eigenvalue weighted by Crippen LogP contribution is -2.48. The second kappa shape index (κ2) is 10.2. The van der Waals surface area contributed by atoms with Crippen LogP contribution in [0.2, 0.25) is 0 Å². The molecule has 9 heteroatoms. The molecule has 4 rings (SSSR count). The fourth-order valence-corrected chi connectivity index (χ4v) is 4.44. The first-order valence-electron chi connectivity index (χ1n) is 9.88. The Morgan fingerprint density at radius 1 is 1.09 bits per heavy atom. The number of thiocarbonyl (C=S) groups is 1. The minimum atomic E-state index is -0.624. The standard InChI is InChI=1S/C23H21N5O2S2/c1-30-22(29)18(12-15-8-4-2-5-9-15)26-23(31)28-27-21-20-17(24-14-25-21)13-19(32-20)16-10-6-3-7-11-16/h2-11,13-14,18H,12H2,1H3,(H,24,25,27)(H2,26,28,31)/t18-/m0/s1. The van der Waals surface area contributed by atoms with Crippen molar-refractivity contribution in [3.8, 4) is 10.4 Å². The Hall–Kier alpha value is -3.56. The van der Waals surface area contributed by atoms with E-state index in [1.54, 1.807) is 11.3 Å². The lowest BCUT2D eigenvalue weighted by atomic mass is 10.1. The summed E-state index contributed by atoms with van der Waals surface area (Å²) < 4.78 is 5.82. The van der Waals surface area contributed by atoms with Crippen molar-refractivity contribution in [3.05, 3.63) is 78.6 Å². The molecule has 0 saturated carbocycles. The summed E-state index contributed by atoms with van der Waals surface area (Å²) in [7, 11) is 1.36. The van der Waals surface area contributed by atoms with Gasteiger partial charge in [-0.3, -0.25) is 10.9 Å². The van der Waals surface area contributed by atoms with Gasteiger partial charge in [0.25, 0.3) is 0 Å². The van der Waals surface area contributed by atoms with E-state index in [2.05, 4.69) is 38.3 Å². The highest BCUT2D eigenvalue weighted by molar-refractivity contribution is 7.80. The van der Waals surface area contributed by atoms with E-state index in [1.807, 2.05) is 54.6 Å². The summed E-state index contributed by atoms with van der Waals surface area (Å²) in [5.41, 5.74) is 8.90. The number of carbonyl (C=O) groups excluding carboxylic acids is 1. The van der Waals surface area contributed by atoms with E-state index in [9.17, 15) is 4.79 Å². The van der Waals surface area contributed by atoms with Crippen molar-refractivity contribution in [1.82, 2.24) is 20.7 Å². The topological polar surface area (TPSA) is 88.2 Å². The van der Waals surface area contributed by atoms with Crippen LogP contribution in [0.4, 0.5) is 5.82 Å². The third-order valence-corrected chi connectivity index (χ3v) is 6.14. The summed E-state index contributed by atoms with van der Waals surface area (Å²) in [4.78, 5) is 22.0. The number of hydrogen-bond donors (Lipinski definition) is 3. The number of esters is 1. The van der Waals surface area contributed by atoms with Gasteiger partial charge < -0.3 is 10.1 Å². The predicted octanol–water partition coefficient (Wildman–Crippen LogP) is 3.93. The van der Waals surface area contributed by atoms with Gasteiger partial charge in [0.15, 0.2) is 10.9 Å². The average molecular weight is 464 g/mol. The number of methoxy groups -OCH3 is 1. The quantitative estimate of drug-likeness (QED) is 0.216. The van der Waals surface area contributed by atoms with E-state index in [1.165, 1.54) is 13.4 Å². The fraction of sp³-hybridized carbons (Fsp3) is 0.130. The van der Waals surface area contributed by atoms with E-state index in [0.29, 0.717) is 12.2 Å². The number of anilines is 1. The van der Waals surface area contributed by atoms with Gasteiger partial charge in [-0.15, -0.1) is 11.3 Å². The van der Waals surface area contributed by atoms with Crippen molar-refractivity contribution < 1.29 is 9.53 Å². The van der Waals surface area contributed by atoms with Gasteiger partial charge in [-0.1, -0.05) is 60.7 Å². The highest BCUT2D eigenvalue weighted by Crippen LogP contribution is 2.35. The molecule has 0 saturated heterocycles. The molecule has 0 aliphatic carbocycles. The molecule has 0 aliphatic heterocycles. The zero-order chi connectivity index (χ0) is 22.3. The first-order valence-corrected chi connectivity index (χ1v) is 11.1. The van der Waals surface area contributed by atoms with Crippen LogP contribution in [0.3, 0.4) is 0 Å². The van der Waals surface area contributed by atoms with Crippen LogP contribution in [0.15, 0.2) is 73.1 Å². The first-order chi connectivity index (χ1) is 15.6. The molecule has 2 heterocycles. The van der Waals surface area contributed by atoms with E-state index in [-0.39, 0.29) is 5.11 Å². The molecule has 0 aliphatic rings. The van der Waals surface area contributed by atoms with Crippen molar-refractivity contribution in [2.45, 2.75) is 12.5 Å². The van der Waals surface area contributed by atoms with Crippen molar-refractivity contribution >= 4 is 50.7 Å². The van der Waals surface area contributed by atoms with Crippen LogP contribution in [0, 0.1) is 0 Å². The maximum absolute atomic E-state index is 12.2. The molecule has 1 atom stereocenters. The van der Waals surface area contributed by atoms with Crippen LogP contribution in [-0.4, -0.2) is 34.2 Å². The maximum atomic E-state index is 12.2. The Labute approximate surface area is 194 Å². The van der Waals surface area contributed by atoms with Gasteiger partial charge in [-0.25, -0.2) is 14.8 Å². The SMILES string of the molecule is COC(=O)[C@H](Cc1ccccc1)NC(=S)NNc1ncnc2cc(-c3ccccc3)sc12. The smallest absolute Gasteiger partial charge is 0.328 e. The van der Waals surface area contributed by atoms with Gasteiger partial charge in [0.1, 0.15) is 12.4 Å². The Morgan fingerprint density at radius 2 is 1.81 bits per heavy atom. The largest absolute Gasteiger partial charge is 0.467 e. The molecule has 0 amide bonds. The highest BCUT2D eigenvalue weighted by atomic mass is 32.1. The number of thiophene rings is 1. The summed E-state index contributed by atoms with van der Waals surface area (Å²) in [6.45, 7) is 0. The van der Waals surface area contributed by atoms with Crippen LogP contribution >= 0.6 is 23.6 Å². The third-order valence-electron chi connectivity index (χ3n) is 4.74. The Morgan fingerprint density at radius 3 is 2.53 bits per heavy atom. The summed E-state index contributed by atoms with van der Waals surface area (Å²) in [6.07, 6.45) is 1.94. The lowest BCUT2D eigenvalue weighted by molar-refractivity contribution is -0.142. The normalized spacial score (nSPS) is 11.5. The van der Waals surface area contributed by atoms with Gasteiger partial charge in [0, 0.05) is 11.3 Å². The van der Waals surface area contributed by atoms with Crippen LogP contribution in [-0.2, 0) is 16.0 Å². The molecule has 32 heavy (non-hydrogen) atoms. The summed E-state index contributed by atoms with van der Waals surface area (Å²) in [6, 6.07) is 21.2. The van der Waals surface area contributed by atoms with Crippen LogP contribution in [0.25, 0.3) is 20.7 Å². The number of hydrogen-bond acceptors (Lipinski definition) is 7. The molecule has 0 spiro atoms. The number of fused-ring (bicyclic) bond motifs is 1. The minimum absolute atomic E-state index is 0.253. The van der Waals surface area contributed by atoms with E-state index >= 15 is 0 Å². The molecule has 4 aromatic rings. The number of ether oxygens (including phenoxy) is 1. The van der Waals surface area contributed by atoms with Crippen molar-refractivity contribution in [3.63, 3.8) is 0 Å². The molecule has 0 fully saturated rings. The number of benzene rings is 2. The van der Waals surface area contributed by atoms with Gasteiger partial charge in [-0.2, -0.15) is 0 Å². The van der Waals surface area contributed by atoms with Gasteiger partial charge in [0.2, 0.25) is 0 Å². The van der Waals surface area contributed by atoms with Crippen molar-refractivity contribution in [2.75, 3.05) is 12.5 Å². The molecular weight excluding hydrogens is 442 g/mol. The van der Waals surface area contributed by atoms with Crippen molar-refractivity contribution in [1.29, 1.82) is 0 Å². The number of nitrogens with zero attached hydrogens (tertiary/aromatic N) is 2. The van der Waals surface area contributed by atoms with Crippen LogP contribution in [0.1, 0.15) is 5.56 Å². The molecule has 0 unspecified atom stereocenters. The molecule has 3 N–H and O–H groups in total. The van der Waals surface area contributed by atoms with E-state index in [4.69, 9.17) is 17.0 Å². The Kier molecular flexibility index (Phi) is 6.88. The second-order valence-corrected chi connectivity index (χ2v) is 8.36. The number of carbonyl (C=O) groups is 1. The van der Waals surface area contributed by atoms with E-state index in [0.717, 1.165) is 26.2 Å². The number of aromatic nitrogens is 2. The molecule has 2 aromatic carbocycles. The van der Waals surface area contributed by atoms with Crippen LogP contribution in [0.5, 0.6) is 0 Å². The molecular formula is C23H21N5O2S2. The predicted molar refractivity (Wildman–Crippen MR) is 131 cm³/mol. The average Bonchev–Trinajstić information content (AvgIpc) is 3.28. The number of hydrazine groups is 1. The summed E-state index contributed by atoms with van der Waals surface area (Å²) in [5.74, 6) is 0.206. The zero-order valence-electron chi connectivity index (χ0n) is 17.2. The molecule has 2 aromatic heterocycles. The second-order valence-electron chi connectivity index (χ2n) is 6.90. The Bertz CT molecular complexity index is 1220. The van der Waals surface area contributed by atoms with Crippen molar-refractivity contribution in [2.24, 2.45) is 0 Å². The maximum Gasteiger partial charge on any atom is 0.328 e. The zero-order valence-corrected chi connectivity index (χ0v) is 18.9. The van der Waals surface area contributed by atoms with Crippen LogP contribution < -0.4 is 16.2 Å². The monoisotopic (exact) mass is 463 g/mol. The molecule has 162 valence electrons. The first kappa shape index (κ1) is 21.7. The number of rotatable bonds is 7. The summed E-state index contributed by atoms with van der Waals surface area (Å²) >= 11 is 6.97. The van der Waals surface area contributed by atoms with E-state index < -0.39 is 12.0 Å². The van der Waals surface area contributed by atoms with Gasteiger partial charge in [0.05, 0.1) is 17.3 Å². The lowest BCUT2D eigenvalue weighted by Gasteiger charge is -2.19. The van der Waals surface area contributed by atoms with Gasteiger partial charge >= 0.3 is 5.97 Å².